The van der Waals surface area contributed by atoms with E-state index < -0.39 is 26.6 Å². The van der Waals surface area contributed by atoms with Crippen LogP contribution in [-0.2, 0) is 24.3 Å². The Morgan fingerprint density at radius 1 is 1.06 bits per heavy atom. The zero-order chi connectivity index (χ0) is 33.9. The van der Waals surface area contributed by atoms with E-state index in [0.717, 1.165) is 51.2 Å². The molecule has 6 unspecified atom stereocenters. The number of methoxy groups -OCH3 is 1. The molecule has 5 aliphatic heterocycles. The van der Waals surface area contributed by atoms with E-state index in [0.29, 0.717) is 31.2 Å². The molecule has 1 aromatic carbocycles. The third kappa shape index (κ3) is 4.53. The molecule has 49 heavy (non-hydrogen) atoms. The maximum atomic E-state index is 15.1. The van der Waals surface area contributed by atoms with Crippen LogP contribution in [0.3, 0.4) is 0 Å². The van der Waals surface area contributed by atoms with Crippen molar-refractivity contribution in [2.45, 2.75) is 69.6 Å². The van der Waals surface area contributed by atoms with Crippen molar-refractivity contribution < 1.29 is 27.5 Å². The number of nitrogens with one attached hydrogen (secondary N) is 2. The van der Waals surface area contributed by atoms with Gasteiger partial charge in [-0.25, -0.2) is 13.1 Å². The highest BCUT2D eigenvalue weighted by Crippen LogP contribution is 2.67. The van der Waals surface area contributed by atoms with Gasteiger partial charge in [-0.15, -0.1) is 0 Å². The summed E-state index contributed by atoms with van der Waals surface area (Å²) < 4.78 is 39.5. The minimum Gasteiger partial charge on any atom is -0.497 e. The Labute approximate surface area is 289 Å². The van der Waals surface area contributed by atoms with Crippen LogP contribution in [0.5, 0.6) is 5.75 Å². The molecule has 6 atom stereocenters. The van der Waals surface area contributed by atoms with Gasteiger partial charge in [0.05, 0.1) is 37.0 Å². The number of fused-ring (bicyclic) bond motifs is 7. The van der Waals surface area contributed by atoms with E-state index in [2.05, 4.69) is 38.0 Å². The van der Waals surface area contributed by atoms with Crippen LogP contribution in [0.4, 0.5) is 0 Å². The normalized spacial score (nSPS) is 36.0. The van der Waals surface area contributed by atoms with Crippen molar-refractivity contribution in [3.63, 3.8) is 0 Å². The number of sulfonamides is 1. The highest BCUT2D eigenvalue weighted by atomic mass is 32.2. The van der Waals surface area contributed by atoms with E-state index in [1.54, 1.807) is 21.0 Å². The van der Waals surface area contributed by atoms with E-state index >= 15 is 4.79 Å². The van der Waals surface area contributed by atoms with E-state index in [9.17, 15) is 13.2 Å². The predicted octanol–water partition coefficient (Wildman–Crippen LogP) is 3.57. The average Bonchev–Trinajstić information content (AvgIpc) is 3.25. The van der Waals surface area contributed by atoms with Gasteiger partial charge in [-0.05, 0) is 74.4 Å². The number of benzene rings is 1. The largest absolute Gasteiger partial charge is 0.497 e. The van der Waals surface area contributed by atoms with Crippen LogP contribution in [0.2, 0.25) is 0 Å². The molecule has 262 valence electrons. The first-order valence-corrected chi connectivity index (χ1v) is 19.8. The summed E-state index contributed by atoms with van der Waals surface area (Å²) in [7, 11) is -2.09. The number of amides is 2. The third-order valence-corrected chi connectivity index (χ3v) is 15.3. The van der Waals surface area contributed by atoms with Crippen LogP contribution in [0.25, 0.3) is 5.70 Å². The highest BCUT2D eigenvalue weighted by Gasteiger charge is 2.70. The summed E-state index contributed by atoms with van der Waals surface area (Å²) in [5.41, 5.74) is 4.69. The number of hydrogen-bond acceptors (Lipinski definition) is 8. The molecule has 3 saturated heterocycles. The summed E-state index contributed by atoms with van der Waals surface area (Å²) in [6.07, 6.45) is 12.6. The highest BCUT2D eigenvalue weighted by molar-refractivity contribution is 7.90. The van der Waals surface area contributed by atoms with Gasteiger partial charge in [0.1, 0.15) is 5.75 Å². The fourth-order valence-electron chi connectivity index (χ4n) is 10.8. The number of rotatable bonds is 6. The standard InChI is InChI=1S/C38H48N4O6S/c1-23(2)49(45,46)40-34(43)25-9-11-28-31(13-25)42-20-38(35(44)41-18-36-16-39-17-37(36,19-41)22-48-21-36)15-30(38)29-14-26(47-3)10-12-27(29)33(42)32(28)24-7-5-4-6-8-24/h9-14,23-24,28,30-31,39H,4-8,15-22H2,1-3H3,(H,40,43). The molecule has 2 N–H and O–H groups in total. The zero-order valence-corrected chi connectivity index (χ0v) is 29.6. The van der Waals surface area contributed by atoms with E-state index in [1.807, 2.05) is 18.2 Å². The van der Waals surface area contributed by atoms with Crippen LogP contribution in [0, 0.1) is 28.1 Å². The average molecular weight is 689 g/mol. The van der Waals surface area contributed by atoms with Crippen LogP contribution < -0.4 is 14.8 Å². The Kier molecular flexibility index (Phi) is 7.09. The quantitative estimate of drug-likeness (QED) is 0.466. The Morgan fingerprint density at radius 3 is 2.49 bits per heavy atom. The van der Waals surface area contributed by atoms with Gasteiger partial charge in [0.15, 0.2) is 0 Å². The molecule has 9 rings (SSSR count). The first-order valence-electron chi connectivity index (χ1n) is 18.2. The Bertz CT molecular complexity index is 1800. The number of carbonyl (C=O) groups excluding carboxylic acids is 2. The lowest BCUT2D eigenvalue weighted by atomic mass is 9.71. The van der Waals surface area contributed by atoms with Crippen LogP contribution in [0.15, 0.2) is 47.6 Å². The van der Waals surface area contributed by atoms with Crippen molar-refractivity contribution in [3.8, 4) is 5.75 Å². The molecule has 8 aliphatic rings. The van der Waals surface area contributed by atoms with Gasteiger partial charge in [0.2, 0.25) is 15.9 Å². The maximum absolute atomic E-state index is 15.1. The molecule has 3 aliphatic carbocycles. The lowest BCUT2D eigenvalue weighted by Crippen LogP contribution is -2.46. The van der Waals surface area contributed by atoms with Crippen molar-refractivity contribution in [2.24, 2.45) is 28.1 Å². The third-order valence-electron chi connectivity index (χ3n) is 13.6. The smallest absolute Gasteiger partial charge is 0.264 e. The summed E-state index contributed by atoms with van der Waals surface area (Å²) in [5.74, 6) is 0.959. The molecule has 10 nitrogen and oxygen atoms in total. The maximum Gasteiger partial charge on any atom is 0.264 e. The molecule has 11 heteroatoms. The fourth-order valence-corrected chi connectivity index (χ4v) is 11.4. The first kappa shape index (κ1) is 31.8. The van der Waals surface area contributed by atoms with Crippen molar-refractivity contribution in [3.05, 3.63) is 58.7 Å². The SMILES string of the molecule is COc1ccc2c(c1)C1CC1(C(=O)N1CC34CNCC3(COC4)C1)CN1C2=C(C2CCCCC2)C2C=CC(C(=O)NS(=O)(=O)C(C)C)=CC21. The van der Waals surface area contributed by atoms with E-state index in [-0.39, 0.29) is 34.6 Å². The molecule has 0 spiro atoms. The van der Waals surface area contributed by atoms with Crippen LogP contribution in [0.1, 0.15) is 69.4 Å². The Hall–Kier alpha value is -3.15. The molecule has 0 aromatic heterocycles. The lowest BCUT2D eigenvalue weighted by molar-refractivity contribution is -0.138. The Balaban J connectivity index is 1.15. The second-order valence-electron chi connectivity index (χ2n) is 16.5. The first-order chi connectivity index (χ1) is 23.5. The van der Waals surface area contributed by atoms with Gasteiger partial charge in [-0.3, -0.25) is 9.59 Å². The monoisotopic (exact) mass is 688 g/mol. The second-order valence-corrected chi connectivity index (χ2v) is 18.7. The molecular weight excluding hydrogens is 641 g/mol. The van der Waals surface area contributed by atoms with Gasteiger partial charge >= 0.3 is 0 Å². The minimum atomic E-state index is -3.79. The van der Waals surface area contributed by atoms with Crippen molar-refractivity contribution in [1.82, 2.24) is 19.8 Å². The van der Waals surface area contributed by atoms with Gasteiger partial charge in [-0.2, -0.15) is 0 Å². The lowest BCUT2D eigenvalue weighted by Gasteiger charge is -2.35. The minimum absolute atomic E-state index is 0.0248. The second kappa shape index (κ2) is 10.9. The van der Waals surface area contributed by atoms with Crippen molar-refractivity contribution >= 4 is 27.5 Å². The summed E-state index contributed by atoms with van der Waals surface area (Å²) in [6.45, 7) is 8.30. The summed E-state index contributed by atoms with van der Waals surface area (Å²) in [5, 5.41) is 2.88. The fraction of sp³-hybridized carbons (Fsp3) is 0.632. The molecular formula is C38H48N4O6S. The molecule has 0 radical (unpaired) electrons. The van der Waals surface area contributed by atoms with E-state index in [4.69, 9.17) is 9.47 Å². The summed E-state index contributed by atoms with van der Waals surface area (Å²) >= 11 is 0. The molecule has 0 bridgehead atoms. The van der Waals surface area contributed by atoms with E-state index in [1.165, 1.54) is 41.7 Å². The van der Waals surface area contributed by atoms with Crippen LogP contribution in [-0.4, -0.2) is 94.4 Å². The topological polar surface area (TPSA) is 117 Å². The van der Waals surface area contributed by atoms with Crippen molar-refractivity contribution in [2.75, 3.05) is 53.0 Å². The Morgan fingerprint density at radius 2 is 1.80 bits per heavy atom. The molecule has 2 saturated carbocycles. The number of ether oxygens (including phenoxy) is 2. The van der Waals surface area contributed by atoms with Crippen LogP contribution >= 0.6 is 0 Å². The number of carbonyl (C=O) groups is 2. The predicted molar refractivity (Wildman–Crippen MR) is 185 cm³/mol. The van der Waals surface area contributed by atoms with Gasteiger partial charge < -0.3 is 24.6 Å². The number of nitrogens with zero attached hydrogens (tertiary/aromatic N) is 2. The van der Waals surface area contributed by atoms with Gasteiger partial charge in [-0.1, -0.05) is 31.4 Å². The number of hydrogen-bond donors (Lipinski definition) is 2. The molecule has 2 amide bonds. The molecule has 5 heterocycles. The molecule has 5 fully saturated rings. The molecule has 1 aromatic rings. The summed E-state index contributed by atoms with van der Waals surface area (Å²) in [4.78, 5) is 33.2. The zero-order valence-electron chi connectivity index (χ0n) is 28.8. The number of likely N-dealkylation sites (tertiary alicyclic amines) is 1. The van der Waals surface area contributed by atoms with Crippen molar-refractivity contribution in [1.29, 1.82) is 0 Å². The van der Waals surface area contributed by atoms with Gasteiger partial charge in [0.25, 0.3) is 5.91 Å². The summed E-state index contributed by atoms with van der Waals surface area (Å²) in [6, 6.07) is 6.20. The van der Waals surface area contributed by atoms with Gasteiger partial charge in [0, 0.05) is 72.2 Å².